The molecule has 0 spiro atoms. The van der Waals surface area contributed by atoms with Crippen molar-refractivity contribution in [3.63, 3.8) is 0 Å². The average molecular weight is 298 g/mol. The minimum Gasteiger partial charge on any atom is -0.388 e. The molecule has 0 saturated carbocycles. The predicted octanol–water partition coefficient (Wildman–Crippen LogP) is 3.77. The summed E-state index contributed by atoms with van der Waals surface area (Å²) < 4.78 is 0. The Labute approximate surface area is 120 Å². The van der Waals surface area contributed by atoms with Gasteiger partial charge in [-0.05, 0) is 30.3 Å². The first-order valence-corrected chi connectivity index (χ1v) is 6.20. The molecule has 0 aliphatic rings. The van der Waals surface area contributed by atoms with Crippen molar-refractivity contribution < 1.29 is 0 Å². The lowest BCUT2D eigenvalue weighted by Gasteiger charge is -2.09. The lowest BCUT2D eigenvalue weighted by atomic mass is 10.2. The van der Waals surface area contributed by atoms with Gasteiger partial charge in [0.25, 0.3) is 0 Å². The van der Waals surface area contributed by atoms with Gasteiger partial charge in [-0.2, -0.15) is 0 Å². The minimum absolute atomic E-state index is 0.251. The Morgan fingerprint density at radius 1 is 1.22 bits per heavy atom. The van der Waals surface area contributed by atoms with E-state index in [0.29, 0.717) is 15.7 Å². The van der Waals surface area contributed by atoms with Crippen molar-refractivity contribution in [2.45, 2.75) is 0 Å². The van der Waals surface area contributed by atoms with Crippen LogP contribution in [0.1, 0.15) is 5.69 Å². The molecule has 3 N–H and O–H groups in total. The highest BCUT2D eigenvalue weighted by atomic mass is 35.5. The summed E-state index contributed by atoms with van der Waals surface area (Å²) in [6.45, 7) is 0. The molecule has 0 aliphatic carbocycles. The van der Waals surface area contributed by atoms with E-state index in [1.165, 1.54) is 0 Å². The number of pyridine rings is 1. The van der Waals surface area contributed by atoms with E-state index in [-0.39, 0.29) is 4.99 Å². The standard InChI is InChI=1S/C12H9Cl2N3S/c13-7-1-2-10(9(14)5-7)17-8-3-4-16-11(6-8)12(15)18/h1-6H,(H2,15,18)(H,16,17). The first kappa shape index (κ1) is 13.1. The van der Waals surface area contributed by atoms with Crippen LogP contribution in [0.2, 0.25) is 10.0 Å². The monoisotopic (exact) mass is 297 g/mol. The van der Waals surface area contributed by atoms with Crippen LogP contribution in [0.25, 0.3) is 0 Å². The fourth-order valence-electron chi connectivity index (χ4n) is 1.39. The van der Waals surface area contributed by atoms with Gasteiger partial charge in [0.2, 0.25) is 0 Å². The second-order valence-electron chi connectivity index (χ2n) is 3.54. The highest BCUT2D eigenvalue weighted by molar-refractivity contribution is 7.80. The summed E-state index contributed by atoms with van der Waals surface area (Å²) in [5.74, 6) is 0. The maximum atomic E-state index is 6.07. The Morgan fingerprint density at radius 3 is 2.67 bits per heavy atom. The first-order chi connectivity index (χ1) is 8.56. The molecule has 18 heavy (non-hydrogen) atoms. The molecule has 1 aromatic carbocycles. The van der Waals surface area contributed by atoms with Gasteiger partial charge < -0.3 is 11.1 Å². The predicted molar refractivity (Wildman–Crippen MR) is 79.9 cm³/mol. The number of hydrogen-bond acceptors (Lipinski definition) is 3. The minimum atomic E-state index is 0.251. The fraction of sp³-hybridized carbons (Fsp3) is 0. The number of nitrogens with zero attached hydrogens (tertiary/aromatic N) is 1. The zero-order valence-electron chi connectivity index (χ0n) is 9.15. The molecular formula is C12H9Cl2N3S. The van der Waals surface area contributed by atoms with Crippen LogP contribution in [-0.2, 0) is 0 Å². The number of thiocarbonyl (C=S) groups is 1. The van der Waals surface area contributed by atoms with Crippen molar-refractivity contribution in [2.24, 2.45) is 5.73 Å². The summed E-state index contributed by atoms with van der Waals surface area (Å²) in [6.07, 6.45) is 1.63. The molecular weight excluding hydrogens is 289 g/mol. The normalized spacial score (nSPS) is 10.1. The molecule has 0 radical (unpaired) electrons. The van der Waals surface area contributed by atoms with Gasteiger partial charge in [-0.15, -0.1) is 0 Å². The molecule has 0 atom stereocenters. The first-order valence-electron chi connectivity index (χ1n) is 5.04. The highest BCUT2D eigenvalue weighted by Gasteiger charge is 2.04. The molecule has 1 heterocycles. The molecule has 0 fully saturated rings. The van der Waals surface area contributed by atoms with Gasteiger partial charge in [0.15, 0.2) is 0 Å². The second kappa shape index (κ2) is 5.52. The van der Waals surface area contributed by atoms with Crippen molar-refractivity contribution >= 4 is 51.8 Å². The van der Waals surface area contributed by atoms with Crippen LogP contribution in [0.15, 0.2) is 36.5 Å². The Bertz CT molecular complexity index is 602. The van der Waals surface area contributed by atoms with E-state index < -0.39 is 0 Å². The second-order valence-corrected chi connectivity index (χ2v) is 4.83. The Kier molecular flexibility index (Phi) is 4.01. The third kappa shape index (κ3) is 3.10. The summed E-state index contributed by atoms with van der Waals surface area (Å²) in [6, 6.07) is 8.78. The molecule has 6 heteroatoms. The van der Waals surface area contributed by atoms with Gasteiger partial charge in [0, 0.05) is 16.9 Å². The van der Waals surface area contributed by atoms with Crippen LogP contribution in [0, 0.1) is 0 Å². The summed E-state index contributed by atoms with van der Waals surface area (Å²) in [4.78, 5) is 4.31. The Balaban J connectivity index is 2.28. The van der Waals surface area contributed by atoms with Gasteiger partial charge in [-0.3, -0.25) is 4.98 Å². The number of anilines is 2. The molecule has 3 nitrogen and oxygen atoms in total. The number of rotatable bonds is 3. The zero-order valence-corrected chi connectivity index (χ0v) is 11.5. The molecule has 2 rings (SSSR count). The number of hydrogen-bond donors (Lipinski definition) is 2. The van der Waals surface area contributed by atoms with Crippen LogP contribution in [0.5, 0.6) is 0 Å². The van der Waals surface area contributed by atoms with Crippen LogP contribution in [0.3, 0.4) is 0 Å². The van der Waals surface area contributed by atoms with E-state index >= 15 is 0 Å². The van der Waals surface area contributed by atoms with E-state index in [4.69, 9.17) is 41.2 Å². The summed E-state index contributed by atoms with van der Waals surface area (Å²) >= 11 is 16.8. The fourth-order valence-corrected chi connectivity index (χ4v) is 1.96. The maximum Gasteiger partial charge on any atom is 0.122 e. The summed E-state index contributed by atoms with van der Waals surface area (Å²) in [7, 11) is 0. The zero-order chi connectivity index (χ0) is 13.1. The van der Waals surface area contributed by atoms with Crippen molar-refractivity contribution in [1.82, 2.24) is 4.98 Å². The van der Waals surface area contributed by atoms with Gasteiger partial charge in [-0.1, -0.05) is 35.4 Å². The average Bonchev–Trinajstić information content (AvgIpc) is 2.33. The maximum absolute atomic E-state index is 6.07. The molecule has 1 aromatic heterocycles. The SMILES string of the molecule is NC(=S)c1cc(Nc2ccc(Cl)cc2Cl)ccn1. The third-order valence-electron chi connectivity index (χ3n) is 2.22. The summed E-state index contributed by atoms with van der Waals surface area (Å²) in [5, 5.41) is 4.27. The third-order valence-corrected chi connectivity index (χ3v) is 2.98. The van der Waals surface area contributed by atoms with Crippen LogP contribution in [0.4, 0.5) is 11.4 Å². The van der Waals surface area contributed by atoms with E-state index in [2.05, 4.69) is 10.3 Å². The number of halogens is 2. The molecule has 0 amide bonds. The number of nitrogens with one attached hydrogen (secondary N) is 1. The number of benzene rings is 1. The van der Waals surface area contributed by atoms with Gasteiger partial charge in [0.1, 0.15) is 4.99 Å². The molecule has 0 saturated heterocycles. The van der Waals surface area contributed by atoms with Gasteiger partial charge in [-0.25, -0.2) is 0 Å². The Hall–Kier alpha value is -1.36. The van der Waals surface area contributed by atoms with Crippen molar-refractivity contribution in [2.75, 3.05) is 5.32 Å². The van der Waals surface area contributed by atoms with E-state index in [0.717, 1.165) is 11.4 Å². The smallest absolute Gasteiger partial charge is 0.122 e. The molecule has 0 bridgehead atoms. The van der Waals surface area contributed by atoms with Crippen molar-refractivity contribution in [3.05, 3.63) is 52.3 Å². The van der Waals surface area contributed by atoms with Crippen molar-refractivity contribution in [1.29, 1.82) is 0 Å². The topological polar surface area (TPSA) is 50.9 Å². The lowest BCUT2D eigenvalue weighted by molar-refractivity contribution is 1.29. The largest absolute Gasteiger partial charge is 0.388 e. The quantitative estimate of drug-likeness (QED) is 0.847. The molecule has 0 unspecified atom stereocenters. The molecule has 92 valence electrons. The van der Waals surface area contributed by atoms with E-state index in [1.54, 1.807) is 36.5 Å². The van der Waals surface area contributed by atoms with Crippen LogP contribution >= 0.6 is 35.4 Å². The van der Waals surface area contributed by atoms with E-state index in [1.807, 2.05) is 0 Å². The van der Waals surface area contributed by atoms with Gasteiger partial charge in [0.05, 0.1) is 16.4 Å². The van der Waals surface area contributed by atoms with Gasteiger partial charge >= 0.3 is 0 Å². The lowest BCUT2D eigenvalue weighted by Crippen LogP contribution is -2.11. The molecule has 0 aliphatic heterocycles. The Morgan fingerprint density at radius 2 is 2.00 bits per heavy atom. The van der Waals surface area contributed by atoms with Crippen molar-refractivity contribution in [3.8, 4) is 0 Å². The van der Waals surface area contributed by atoms with Crippen LogP contribution < -0.4 is 11.1 Å². The summed E-state index contributed by atoms with van der Waals surface area (Å²) in [5.41, 5.74) is 7.63. The molecule has 2 aromatic rings. The number of nitrogens with two attached hydrogens (primary N) is 1. The van der Waals surface area contributed by atoms with E-state index in [9.17, 15) is 0 Å². The number of aromatic nitrogens is 1. The van der Waals surface area contributed by atoms with Crippen LogP contribution in [-0.4, -0.2) is 9.97 Å². The highest BCUT2D eigenvalue weighted by Crippen LogP contribution is 2.28.